The van der Waals surface area contributed by atoms with Crippen molar-refractivity contribution in [3.05, 3.63) is 42.7 Å². The Bertz CT molecular complexity index is 1230. The molecule has 1 fully saturated rings. The zero-order valence-corrected chi connectivity index (χ0v) is 16.4. The smallest absolute Gasteiger partial charge is 0.407 e. The number of pyridine rings is 1. The van der Waals surface area contributed by atoms with Gasteiger partial charge in [0.1, 0.15) is 17.4 Å². The van der Waals surface area contributed by atoms with Crippen molar-refractivity contribution in [2.24, 2.45) is 0 Å². The minimum Gasteiger partial charge on any atom is -0.490 e. The molecule has 0 bridgehead atoms. The molecule has 1 amide bonds. The van der Waals surface area contributed by atoms with Gasteiger partial charge in [-0.3, -0.25) is 9.55 Å². The maximum absolute atomic E-state index is 11.0. The number of nitrogen functional groups attached to an aromatic ring is 1. The number of aromatic nitrogens is 5. The number of amides is 1. The highest BCUT2D eigenvalue weighted by Gasteiger charge is 2.24. The van der Waals surface area contributed by atoms with Crippen LogP contribution in [0.25, 0.3) is 28.2 Å². The molecular formula is C20H19N7O4. The first kappa shape index (κ1) is 18.9. The van der Waals surface area contributed by atoms with E-state index in [2.05, 4.69) is 20.3 Å². The number of rotatable bonds is 4. The lowest BCUT2D eigenvalue weighted by Crippen LogP contribution is -2.41. The summed E-state index contributed by atoms with van der Waals surface area (Å²) in [5.41, 5.74) is 8.60. The van der Waals surface area contributed by atoms with E-state index in [0.29, 0.717) is 48.7 Å². The lowest BCUT2D eigenvalue weighted by molar-refractivity contribution is 0.0895. The van der Waals surface area contributed by atoms with Crippen LogP contribution in [-0.4, -0.2) is 60.1 Å². The summed E-state index contributed by atoms with van der Waals surface area (Å²) in [5, 5.41) is 16.6. The topological polar surface area (TPSA) is 145 Å². The van der Waals surface area contributed by atoms with Crippen molar-refractivity contribution >= 4 is 22.9 Å². The zero-order valence-electron chi connectivity index (χ0n) is 16.4. The summed E-state index contributed by atoms with van der Waals surface area (Å²) < 4.78 is 12.7. The van der Waals surface area contributed by atoms with E-state index in [1.54, 1.807) is 12.4 Å². The van der Waals surface area contributed by atoms with Crippen LogP contribution in [0.15, 0.2) is 47.4 Å². The Morgan fingerprint density at radius 3 is 2.61 bits per heavy atom. The van der Waals surface area contributed by atoms with Gasteiger partial charge in [0.2, 0.25) is 0 Å². The van der Waals surface area contributed by atoms with Crippen LogP contribution in [0.2, 0.25) is 0 Å². The van der Waals surface area contributed by atoms with Crippen LogP contribution in [0.3, 0.4) is 0 Å². The Kier molecular flexibility index (Phi) is 4.62. The van der Waals surface area contributed by atoms with Crippen molar-refractivity contribution in [2.75, 3.05) is 18.8 Å². The predicted molar refractivity (Wildman–Crippen MR) is 110 cm³/mol. The van der Waals surface area contributed by atoms with Crippen LogP contribution in [0.5, 0.6) is 5.75 Å². The Hall–Kier alpha value is -4.15. The fourth-order valence-corrected chi connectivity index (χ4v) is 3.73. The van der Waals surface area contributed by atoms with Gasteiger partial charge in [-0.1, -0.05) is 0 Å². The van der Waals surface area contributed by atoms with Gasteiger partial charge in [-0.25, -0.2) is 14.4 Å². The quantitative estimate of drug-likeness (QED) is 0.507. The maximum atomic E-state index is 11.0. The number of nitrogens with two attached hydrogens (primary N) is 1. The number of likely N-dealkylation sites (tertiary alicyclic amines) is 1. The summed E-state index contributed by atoms with van der Waals surface area (Å²) in [5.74, 6) is 1.36. The highest BCUT2D eigenvalue weighted by atomic mass is 16.6. The highest BCUT2D eigenvalue weighted by Crippen LogP contribution is 2.30. The predicted octanol–water partition coefficient (Wildman–Crippen LogP) is 2.57. The Morgan fingerprint density at radius 2 is 1.94 bits per heavy atom. The van der Waals surface area contributed by atoms with Crippen LogP contribution in [0, 0.1) is 0 Å². The minimum absolute atomic E-state index is 0.0156. The number of ether oxygens (including phenoxy) is 1. The molecule has 31 heavy (non-hydrogen) atoms. The fraction of sp³-hybridized carbons (Fsp3) is 0.250. The molecule has 0 saturated carbocycles. The number of piperidine rings is 1. The Labute approximate surface area is 176 Å². The third-order valence-electron chi connectivity index (χ3n) is 5.29. The van der Waals surface area contributed by atoms with E-state index in [1.165, 1.54) is 4.90 Å². The van der Waals surface area contributed by atoms with Crippen molar-refractivity contribution in [3.63, 3.8) is 0 Å². The Morgan fingerprint density at radius 1 is 1.16 bits per heavy atom. The summed E-state index contributed by atoms with van der Waals surface area (Å²) in [4.78, 5) is 21.2. The van der Waals surface area contributed by atoms with Gasteiger partial charge in [0, 0.05) is 37.8 Å². The third kappa shape index (κ3) is 3.50. The van der Waals surface area contributed by atoms with Crippen LogP contribution in [0.1, 0.15) is 12.8 Å². The van der Waals surface area contributed by atoms with E-state index < -0.39 is 6.09 Å². The van der Waals surface area contributed by atoms with Crippen molar-refractivity contribution in [1.29, 1.82) is 0 Å². The van der Waals surface area contributed by atoms with Crippen LogP contribution in [-0.2, 0) is 0 Å². The van der Waals surface area contributed by atoms with Crippen LogP contribution in [0.4, 0.5) is 10.6 Å². The van der Waals surface area contributed by atoms with Crippen LogP contribution >= 0.6 is 0 Å². The number of hydrogen-bond acceptors (Lipinski definition) is 8. The van der Waals surface area contributed by atoms with Gasteiger partial charge in [-0.2, -0.15) is 0 Å². The second-order valence-corrected chi connectivity index (χ2v) is 7.21. The monoisotopic (exact) mass is 421 g/mol. The molecule has 1 saturated heterocycles. The summed E-state index contributed by atoms with van der Waals surface area (Å²) in [6.45, 7) is 0.952. The number of carbonyl (C=O) groups is 1. The SMILES string of the molecule is Nc1nonc1-c1nc2cnccc2n1-c1ccc(OC2CCN(C(=O)O)CC2)cc1. The van der Waals surface area contributed by atoms with E-state index in [4.69, 9.17) is 20.2 Å². The number of nitrogens with zero attached hydrogens (tertiary/aromatic N) is 6. The lowest BCUT2D eigenvalue weighted by atomic mass is 10.1. The average molecular weight is 421 g/mol. The molecule has 5 rings (SSSR count). The number of imidazole rings is 1. The van der Waals surface area contributed by atoms with Crippen molar-refractivity contribution in [1.82, 2.24) is 29.7 Å². The summed E-state index contributed by atoms with van der Waals surface area (Å²) in [7, 11) is 0. The zero-order chi connectivity index (χ0) is 21.4. The van der Waals surface area contributed by atoms with E-state index in [1.807, 2.05) is 34.9 Å². The maximum Gasteiger partial charge on any atom is 0.407 e. The summed E-state index contributed by atoms with van der Waals surface area (Å²) in [6.07, 6.45) is 3.78. The number of carboxylic acid groups (broad SMARTS) is 1. The number of benzene rings is 1. The number of hydrogen-bond donors (Lipinski definition) is 2. The van der Waals surface area contributed by atoms with Crippen molar-refractivity contribution in [3.8, 4) is 23.0 Å². The van der Waals surface area contributed by atoms with E-state index >= 15 is 0 Å². The van der Waals surface area contributed by atoms with Crippen molar-refractivity contribution in [2.45, 2.75) is 18.9 Å². The molecule has 0 spiro atoms. The molecule has 0 aliphatic carbocycles. The minimum atomic E-state index is -0.885. The summed E-state index contributed by atoms with van der Waals surface area (Å²) >= 11 is 0. The molecule has 1 aliphatic heterocycles. The average Bonchev–Trinajstić information content (AvgIpc) is 3.38. The molecule has 3 N–H and O–H groups in total. The molecule has 11 heteroatoms. The fourth-order valence-electron chi connectivity index (χ4n) is 3.73. The van der Waals surface area contributed by atoms with Gasteiger partial charge in [-0.05, 0) is 40.6 Å². The second-order valence-electron chi connectivity index (χ2n) is 7.21. The first-order chi connectivity index (χ1) is 15.1. The molecule has 1 aromatic carbocycles. The van der Waals surface area contributed by atoms with Gasteiger partial charge in [0.25, 0.3) is 0 Å². The lowest BCUT2D eigenvalue weighted by Gasteiger charge is -2.30. The van der Waals surface area contributed by atoms with E-state index in [0.717, 1.165) is 11.2 Å². The molecule has 11 nitrogen and oxygen atoms in total. The van der Waals surface area contributed by atoms with Gasteiger partial charge in [0.15, 0.2) is 17.3 Å². The molecule has 1 aliphatic rings. The van der Waals surface area contributed by atoms with E-state index in [-0.39, 0.29) is 11.9 Å². The van der Waals surface area contributed by atoms with Crippen LogP contribution < -0.4 is 10.5 Å². The molecule has 4 heterocycles. The van der Waals surface area contributed by atoms with Gasteiger partial charge >= 0.3 is 6.09 Å². The third-order valence-corrected chi connectivity index (χ3v) is 5.29. The first-order valence-corrected chi connectivity index (χ1v) is 9.76. The normalized spacial score (nSPS) is 14.8. The molecule has 4 aromatic rings. The number of anilines is 1. The van der Waals surface area contributed by atoms with E-state index in [9.17, 15) is 4.79 Å². The Balaban J connectivity index is 1.43. The van der Waals surface area contributed by atoms with Gasteiger partial charge in [0.05, 0.1) is 11.7 Å². The molecule has 0 radical (unpaired) electrons. The van der Waals surface area contributed by atoms with Crippen molar-refractivity contribution < 1.29 is 19.3 Å². The second kappa shape index (κ2) is 7.59. The standard InChI is InChI=1S/C20H19N7O4/c21-18-17(24-31-25-18)19-23-15-11-22-8-5-16(15)27(19)12-1-3-13(4-2-12)30-14-6-9-26(10-7-14)20(28)29/h1-5,8,11,14H,6-7,9-10H2,(H2,21,25)(H,28,29). The molecular weight excluding hydrogens is 402 g/mol. The molecule has 3 aromatic heterocycles. The largest absolute Gasteiger partial charge is 0.490 e. The number of fused-ring (bicyclic) bond motifs is 1. The highest BCUT2D eigenvalue weighted by molar-refractivity contribution is 5.83. The van der Waals surface area contributed by atoms with Gasteiger partial charge in [-0.15, -0.1) is 0 Å². The van der Waals surface area contributed by atoms with Gasteiger partial charge < -0.3 is 20.5 Å². The summed E-state index contributed by atoms with van der Waals surface area (Å²) in [6, 6.07) is 9.43. The molecule has 158 valence electrons. The molecule has 0 unspecified atom stereocenters. The first-order valence-electron chi connectivity index (χ1n) is 9.76. The molecule has 0 atom stereocenters.